The number of fused-ring (bicyclic) bond motifs is 1. The second kappa shape index (κ2) is 4.76. The van der Waals surface area contributed by atoms with Gasteiger partial charge in [0.05, 0.1) is 19.8 Å². The number of aryl methyl sites for hydroxylation is 1. The zero-order chi connectivity index (χ0) is 14.2. The lowest BCUT2D eigenvalue weighted by molar-refractivity contribution is 0.370. The Kier molecular flexibility index (Phi) is 3.06. The molecule has 1 aliphatic carbocycles. The summed E-state index contributed by atoms with van der Waals surface area (Å²) in [5, 5.41) is 0. The molecule has 0 amide bonds. The Morgan fingerprint density at radius 3 is 2.70 bits per heavy atom. The van der Waals surface area contributed by atoms with Crippen molar-refractivity contribution in [1.29, 1.82) is 0 Å². The number of rotatable bonds is 3. The summed E-state index contributed by atoms with van der Waals surface area (Å²) in [7, 11) is 3.23. The van der Waals surface area contributed by atoms with Crippen LogP contribution in [0, 0.1) is 0 Å². The van der Waals surface area contributed by atoms with Crippen molar-refractivity contribution in [1.82, 2.24) is 9.97 Å². The first-order chi connectivity index (χ1) is 9.69. The zero-order valence-electron chi connectivity index (χ0n) is 11.6. The van der Waals surface area contributed by atoms with Crippen molar-refractivity contribution in [2.45, 2.75) is 18.4 Å². The van der Waals surface area contributed by atoms with Gasteiger partial charge in [-0.3, -0.25) is 4.98 Å². The quantitative estimate of drug-likeness (QED) is 0.919. The predicted molar refractivity (Wildman–Crippen MR) is 74.9 cm³/mol. The number of ether oxygens (including phenoxy) is 2. The zero-order valence-corrected chi connectivity index (χ0v) is 11.6. The van der Waals surface area contributed by atoms with E-state index in [1.807, 2.05) is 12.1 Å². The molecular weight excluding hydrogens is 254 g/mol. The van der Waals surface area contributed by atoms with Crippen LogP contribution in [0.15, 0.2) is 30.6 Å². The maximum Gasteiger partial charge on any atom is 0.237 e. The van der Waals surface area contributed by atoms with E-state index in [2.05, 4.69) is 16.0 Å². The molecule has 1 unspecified atom stereocenters. The average molecular weight is 271 g/mol. The Labute approximate surface area is 117 Å². The SMILES string of the molecule is COc1ccc2c(c1)C(N)(c1nccnc1OC)CC2. The molecule has 2 N–H and O–H groups in total. The van der Waals surface area contributed by atoms with Crippen molar-refractivity contribution in [3.63, 3.8) is 0 Å². The Morgan fingerprint density at radius 2 is 1.95 bits per heavy atom. The van der Waals surface area contributed by atoms with Crippen LogP contribution in [0.4, 0.5) is 0 Å². The van der Waals surface area contributed by atoms with Gasteiger partial charge in [-0.15, -0.1) is 0 Å². The first-order valence-electron chi connectivity index (χ1n) is 6.51. The molecule has 0 spiro atoms. The standard InChI is InChI=1S/C15H17N3O2/c1-19-11-4-3-10-5-6-15(16,12(10)9-11)13-14(20-2)18-8-7-17-13/h3-4,7-9H,5-6,16H2,1-2H3. The summed E-state index contributed by atoms with van der Waals surface area (Å²) in [4.78, 5) is 8.61. The summed E-state index contributed by atoms with van der Waals surface area (Å²) >= 11 is 0. The van der Waals surface area contributed by atoms with E-state index in [1.165, 1.54) is 5.56 Å². The first-order valence-corrected chi connectivity index (χ1v) is 6.51. The molecule has 0 radical (unpaired) electrons. The molecule has 0 bridgehead atoms. The van der Waals surface area contributed by atoms with Crippen LogP contribution in [-0.4, -0.2) is 24.2 Å². The van der Waals surface area contributed by atoms with Gasteiger partial charge >= 0.3 is 0 Å². The fourth-order valence-electron chi connectivity index (χ4n) is 2.81. The molecule has 5 nitrogen and oxygen atoms in total. The summed E-state index contributed by atoms with van der Waals surface area (Å²) in [6.45, 7) is 0. The lowest BCUT2D eigenvalue weighted by Crippen LogP contribution is -2.37. The van der Waals surface area contributed by atoms with Crippen LogP contribution in [-0.2, 0) is 12.0 Å². The minimum Gasteiger partial charge on any atom is -0.497 e. The first kappa shape index (κ1) is 12.9. The Bertz CT molecular complexity index is 645. The van der Waals surface area contributed by atoms with E-state index in [0.29, 0.717) is 11.6 Å². The van der Waals surface area contributed by atoms with Gasteiger partial charge in [0.15, 0.2) is 0 Å². The molecular formula is C15H17N3O2. The van der Waals surface area contributed by atoms with E-state index in [9.17, 15) is 0 Å². The van der Waals surface area contributed by atoms with E-state index < -0.39 is 5.54 Å². The Hall–Kier alpha value is -2.14. The molecule has 0 aliphatic heterocycles. The molecule has 1 atom stereocenters. The van der Waals surface area contributed by atoms with Gasteiger partial charge in [0.25, 0.3) is 0 Å². The van der Waals surface area contributed by atoms with Crippen LogP contribution in [0.3, 0.4) is 0 Å². The van der Waals surface area contributed by atoms with Gasteiger partial charge in [-0.1, -0.05) is 6.07 Å². The summed E-state index contributed by atoms with van der Waals surface area (Å²) in [6, 6.07) is 6.00. The lowest BCUT2D eigenvalue weighted by atomic mass is 9.89. The van der Waals surface area contributed by atoms with E-state index in [0.717, 1.165) is 24.2 Å². The molecule has 104 valence electrons. The van der Waals surface area contributed by atoms with Crippen LogP contribution in [0.2, 0.25) is 0 Å². The van der Waals surface area contributed by atoms with Gasteiger partial charge < -0.3 is 15.2 Å². The van der Waals surface area contributed by atoms with Crippen LogP contribution >= 0.6 is 0 Å². The number of nitrogens with zero attached hydrogens (tertiary/aromatic N) is 2. The Morgan fingerprint density at radius 1 is 1.15 bits per heavy atom. The fraction of sp³-hybridized carbons (Fsp3) is 0.333. The minimum absolute atomic E-state index is 0.477. The van der Waals surface area contributed by atoms with Crippen molar-refractivity contribution in [3.8, 4) is 11.6 Å². The van der Waals surface area contributed by atoms with Crippen LogP contribution in [0.25, 0.3) is 0 Å². The molecule has 1 aromatic heterocycles. The van der Waals surface area contributed by atoms with Gasteiger partial charge in [-0.25, -0.2) is 4.98 Å². The van der Waals surface area contributed by atoms with Gasteiger partial charge in [-0.05, 0) is 36.1 Å². The van der Waals surface area contributed by atoms with Crippen molar-refractivity contribution in [3.05, 3.63) is 47.4 Å². The minimum atomic E-state index is -0.677. The molecule has 3 rings (SSSR count). The van der Waals surface area contributed by atoms with Crippen molar-refractivity contribution < 1.29 is 9.47 Å². The maximum atomic E-state index is 6.65. The van der Waals surface area contributed by atoms with Crippen LogP contribution in [0.5, 0.6) is 11.6 Å². The average Bonchev–Trinajstić information content (AvgIpc) is 2.85. The predicted octanol–water partition coefficient (Wildman–Crippen LogP) is 1.64. The molecule has 2 aromatic rings. The number of benzene rings is 1. The largest absolute Gasteiger partial charge is 0.497 e. The van der Waals surface area contributed by atoms with Crippen molar-refractivity contribution in [2.75, 3.05) is 14.2 Å². The number of nitrogens with two attached hydrogens (primary N) is 1. The lowest BCUT2D eigenvalue weighted by Gasteiger charge is -2.26. The number of methoxy groups -OCH3 is 2. The molecule has 0 fully saturated rings. The molecule has 1 heterocycles. The van der Waals surface area contributed by atoms with E-state index >= 15 is 0 Å². The van der Waals surface area contributed by atoms with Crippen LogP contribution < -0.4 is 15.2 Å². The van der Waals surface area contributed by atoms with Crippen molar-refractivity contribution in [2.24, 2.45) is 5.73 Å². The Balaban J connectivity index is 2.16. The van der Waals surface area contributed by atoms with Crippen LogP contribution in [0.1, 0.15) is 23.2 Å². The molecule has 5 heteroatoms. The maximum absolute atomic E-state index is 6.65. The molecule has 0 saturated heterocycles. The van der Waals surface area contributed by atoms with E-state index in [1.54, 1.807) is 26.6 Å². The fourth-order valence-corrected chi connectivity index (χ4v) is 2.81. The highest BCUT2D eigenvalue weighted by atomic mass is 16.5. The third kappa shape index (κ3) is 1.82. The molecule has 1 aromatic carbocycles. The normalized spacial score (nSPS) is 20.6. The summed E-state index contributed by atoms with van der Waals surface area (Å²) in [6.07, 6.45) is 4.94. The third-order valence-corrected chi connectivity index (χ3v) is 3.87. The van der Waals surface area contributed by atoms with Crippen molar-refractivity contribution >= 4 is 0 Å². The van der Waals surface area contributed by atoms with Gasteiger partial charge in [0.1, 0.15) is 11.4 Å². The smallest absolute Gasteiger partial charge is 0.237 e. The highest BCUT2D eigenvalue weighted by Crippen LogP contribution is 2.42. The third-order valence-electron chi connectivity index (χ3n) is 3.87. The summed E-state index contributed by atoms with van der Waals surface area (Å²) in [5.74, 6) is 1.27. The second-order valence-corrected chi connectivity index (χ2v) is 4.91. The van der Waals surface area contributed by atoms with E-state index in [4.69, 9.17) is 15.2 Å². The number of hydrogen-bond acceptors (Lipinski definition) is 5. The van der Waals surface area contributed by atoms with Gasteiger partial charge in [0.2, 0.25) is 5.88 Å². The molecule has 20 heavy (non-hydrogen) atoms. The second-order valence-electron chi connectivity index (χ2n) is 4.91. The molecule has 0 saturated carbocycles. The number of aromatic nitrogens is 2. The van der Waals surface area contributed by atoms with Gasteiger partial charge in [-0.2, -0.15) is 0 Å². The summed E-state index contributed by atoms with van der Waals surface area (Å²) < 4.78 is 10.6. The van der Waals surface area contributed by atoms with Gasteiger partial charge in [0, 0.05) is 12.4 Å². The topological polar surface area (TPSA) is 70.3 Å². The van der Waals surface area contributed by atoms with E-state index in [-0.39, 0.29) is 0 Å². The summed E-state index contributed by atoms with van der Waals surface area (Å²) in [5.41, 5.74) is 8.91. The highest BCUT2D eigenvalue weighted by molar-refractivity contribution is 5.50. The highest BCUT2D eigenvalue weighted by Gasteiger charge is 2.40. The molecule has 1 aliphatic rings. The number of hydrogen-bond donors (Lipinski definition) is 1. The monoisotopic (exact) mass is 271 g/mol.